The maximum atomic E-state index is 11.5. The molecule has 1 heterocycles. The van der Waals surface area contributed by atoms with Gasteiger partial charge in [0.25, 0.3) is 0 Å². The predicted molar refractivity (Wildman–Crippen MR) is 52.3 cm³/mol. The Balaban J connectivity index is 2.49. The van der Waals surface area contributed by atoms with Crippen molar-refractivity contribution in [2.75, 3.05) is 10.1 Å². The zero-order valence-electron chi connectivity index (χ0n) is 7.38. The smallest absolute Gasteiger partial charge is 0.242 e. The Bertz CT molecular complexity index is 452. The van der Waals surface area contributed by atoms with E-state index in [1.807, 2.05) is 0 Å². The SMILES string of the molecule is O=C1CCS(=O)(=O)N1c1ccccc1. The lowest BCUT2D eigenvalue weighted by atomic mass is 10.3. The highest BCUT2D eigenvalue weighted by molar-refractivity contribution is 7.94. The second kappa shape index (κ2) is 3.09. The van der Waals surface area contributed by atoms with Gasteiger partial charge in [-0.1, -0.05) is 18.2 Å². The van der Waals surface area contributed by atoms with Crippen molar-refractivity contribution in [2.24, 2.45) is 0 Å². The molecule has 5 heteroatoms. The average molecular weight is 211 g/mol. The molecule has 1 aromatic rings. The maximum absolute atomic E-state index is 11.5. The maximum Gasteiger partial charge on any atom is 0.242 e. The Hall–Kier alpha value is -1.36. The third kappa shape index (κ3) is 1.39. The molecule has 1 aromatic carbocycles. The summed E-state index contributed by atoms with van der Waals surface area (Å²) in [6.07, 6.45) is 0.0806. The third-order valence-corrected chi connectivity index (χ3v) is 3.76. The van der Waals surface area contributed by atoms with Crippen molar-refractivity contribution in [1.82, 2.24) is 0 Å². The number of nitrogens with zero attached hydrogens (tertiary/aromatic N) is 1. The summed E-state index contributed by atoms with van der Waals surface area (Å²) in [5, 5.41) is 0. The molecule has 1 aliphatic heterocycles. The minimum Gasteiger partial charge on any atom is -0.273 e. The molecule has 4 nitrogen and oxygen atoms in total. The van der Waals surface area contributed by atoms with Crippen molar-refractivity contribution < 1.29 is 13.2 Å². The van der Waals surface area contributed by atoms with Gasteiger partial charge in [-0.15, -0.1) is 0 Å². The Morgan fingerprint density at radius 1 is 1.14 bits per heavy atom. The molecule has 0 N–H and O–H groups in total. The van der Waals surface area contributed by atoms with Gasteiger partial charge in [0.1, 0.15) is 0 Å². The highest BCUT2D eigenvalue weighted by Crippen LogP contribution is 2.24. The molecule has 0 bridgehead atoms. The number of amides is 1. The first-order valence-electron chi connectivity index (χ1n) is 4.22. The Kier molecular flexibility index (Phi) is 2.03. The van der Waals surface area contributed by atoms with Crippen LogP contribution < -0.4 is 4.31 Å². The molecular formula is C9H9NO3S. The van der Waals surface area contributed by atoms with Gasteiger partial charge in [-0.3, -0.25) is 4.79 Å². The summed E-state index contributed by atoms with van der Waals surface area (Å²) in [5.74, 6) is -0.433. The van der Waals surface area contributed by atoms with Crippen LogP contribution in [0.1, 0.15) is 6.42 Å². The number of rotatable bonds is 1. The molecule has 74 valence electrons. The van der Waals surface area contributed by atoms with Crippen LogP contribution >= 0.6 is 0 Å². The highest BCUT2D eigenvalue weighted by Gasteiger charge is 2.35. The molecule has 0 aliphatic carbocycles. The van der Waals surface area contributed by atoms with Crippen molar-refractivity contribution in [3.05, 3.63) is 30.3 Å². The summed E-state index contributed by atoms with van der Waals surface area (Å²) in [5.41, 5.74) is 0.426. The molecule has 0 spiro atoms. The van der Waals surface area contributed by atoms with E-state index < -0.39 is 10.0 Å². The zero-order chi connectivity index (χ0) is 10.2. The van der Waals surface area contributed by atoms with E-state index in [1.165, 1.54) is 0 Å². The lowest BCUT2D eigenvalue weighted by Gasteiger charge is -2.13. The van der Waals surface area contributed by atoms with E-state index in [0.717, 1.165) is 4.31 Å². The monoisotopic (exact) mass is 211 g/mol. The van der Waals surface area contributed by atoms with Crippen LogP contribution in [0, 0.1) is 0 Å². The van der Waals surface area contributed by atoms with Gasteiger partial charge >= 0.3 is 0 Å². The first kappa shape index (κ1) is 9.21. The summed E-state index contributed by atoms with van der Waals surface area (Å²) >= 11 is 0. The Morgan fingerprint density at radius 2 is 1.79 bits per heavy atom. The standard InChI is InChI=1S/C9H9NO3S/c11-9-6-7-14(12,13)10(9)8-4-2-1-3-5-8/h1-5H,6-7H2. The van der Waals surface area contributed by atoms with Gasteiger partial charge in [0.05, 0.1) is 11.4 Å². The number of sulfonamides is 1. The van der Waals surface area contributed by atoms with Crippen molar-refractivity contribution >= 4 is 21.6 Å². The van der Waals surface area contributed by atoms with Crippen molar-refractivity contribution in [3.63, 3.8) is 0 Å². The van der Waals surface area contributed by atoms with Gasteiger partial charge in [0.2, 0.25) is 15.9 Å². The van der Waals surface area contributed by atoms with Crippen molar-refractivity contribution in [1.29, 1.82) is 0 Å². The predicted octanol–water partition coefficient (Wildman–Crippen LogP) is 0.753. The van der Waals surface area contributed by atoms with E-state index in [4.69, 9.17) is 0 Å². The topological polar surface area (TPSA) is 54.5 Å². The molecule has 1 amide bonds. The molecule has 2 rings (SSSR count). The average Bonchev–Trinajstić information content (AvgIpc) is 2.42. The van der Waals surface area contributed by atoms with Gasteiger partial charge < -0.3 is 0 Å². The summed E-state index contributed by atoms with van der Waals surface area (Å²) in [7, 11) is -3.41. The van der Waals surface area contributed by atoms with Gasteiger partial charge in [0, 0.05) is 6.42 Å². The van der Waals surface area contributed by atoms with Crippen LogP contribution in [-0.4, -0.2) is 20.1 Å². The fourth-order valence-electron chi connectivity index (χ4n) is 1.43. The van der Waals surface area contributed by atoms with Crippen LogP contribution in [0.4, 0.5) is 5.69 Å². The molecule has 0 saturated carbocycles. The molecule has 0 unspecified atom stereocenters. The zero-order valence-corrected chi connectivity index (χ0v) is 8.20. The Morgan fingerprint density at radius 3 is 2.29 bits per heavy atom. The first-order chi connectivity index (χ1) is 6.61. The van der Waals surface area contributed by atoms with Crippen LogP contribution in [0.2, 0.25) is 0 Å². The van der Waals surface area contributed by atoms with Crippen LogP contribution in [0.25, 0.3) is 0 Å². The second-order valence-electron chi connectivity index (χ2n) is 3.06. The van der Waals surface area contributed by atoms with E-state index in [1.54, 1.807) is 30.3 Å². The number of hydrogen-bond donors (Lipinski definition) is 0. The van der Waals surface area contributed by atoms with E-state index in [-0.39, 0.29) is 18.1 Å². The molecule has 1 saturated heterocycles. The molecule has 0 atom stereocenters. The lowest BCUT2D eigenvalue weighted by molar-refractivity contribution is -0.116. The van der Waals surface area contributed by atoms with E-state index in [0.29, 0.717) is 5.69 Å². The number of anilines is 1. The first-order valence-corrected chi connectivity index (χ1v) is 5.83. The van der Waals surface area contributed by atoms with Crippen LogP contribution in [0.3, 0.4) is 0 Å². The summed E-state index contributed by atoms with van der Waals surface area (Å²) in [4.78, 5) is 11.3. The van der Waals surface area contributed by atoms with Gasteiger partial charge in [-0.2, -0.15) is 0 Å². The second-order valence-corrected chi connectivity index (χ2v) is 5.00. The number of hydrogen-bond acceptors (Lipinski definition) is 3. The minimum atomic E-state index is -3.41. The number of para-hydroxylation sites is 1. The Labute approximate surface area is 82.2 Å². The van der Waals surface area contributed by atoms with E-state index in [2.05, 4.69) is 0 Å². The third-order valence-electron chi connectivity index (χ3n) is 2.07. The molecule has 0 radical (unpaired) electrons. The summed E-state index contributed by atoms with van der Waals surface area (Å²) < 4.78 is 23.8. The summed E-state index contributed by atoms with van der Waals surface area (Å²) in [6.45, 7) is 0. The summed E-state index contributed by atoms with van der Waals surface area (Å²) in [6, 6.07) is 8.41. The van der Waals surface area contributed by atoms with Gasteiger partial charge in [-0.05, 0) is 12.1 Å². The molecular weight excluding hydrogens is 202 g/mol. The number of benzene rings is 1. The lowest BCUT2D eigenvalue weighted by Crippen LogP contribution is -2.29. The fourth-order valence-corrected chi connectivity index (χ4v) is 2.89. The van der Waals surface area contributed by atoms with Crippen LogP contribution in [0.5, 0.6) is 0 Å². The molecule has 0 aromatic heterocycles. The quantitative estimate of drug-likeness (QED) is 0.689. The van der Waals surface area contributed by atoms with Crippen LogP contribution in [0.15, 0.2) is 30.3 Å². The largest absolute Gasteiger partial charge is 0.273 e. The fraction of sp³-hybridized carbons (Fsp3) is 0.222. The molecule has 1 fully saturated rings. The van der Waals surface area contributed by atoms with Crippen molar-refractivity contribution in [3.8, 4) is 0 Å². The van der Waals surface area contributed by atoms with Gasteiger partial charge in [0.15, 0.2) is 0 Å². The number of carbonyl (C=O) groups is 1. The van der Waals surface area contributed by atoms with E-state index >= 15 is 0 Å². The van der Waals surface area contributed by atoms with E-state index in [9.17, 15) is 13.2 Å². The highest BCUT2D eigenvalue weighted by atomic mass is 32.2. The minimum absolute atomic E-state index is 0.0806. The van der Waals surface area contributed by atoms with Crippen LogP contribution in [-0.2, 0) is 14.8 Å². The number of carbonyl (C=O) groups excluding carboxylic acids is 1. The normalized spacial score (nSPS) is 20.0. The van der Waals surface area contributed by atoms with Crippen molar-refractivity contribution in [2.45, 2.75) is 6.42 Å². The molecule has 1 aliphatic rings. The molecule has 14 heavy (non-hydrogen) atoms. The van der Waals surface area contributed by atoms with Gasteiger partial charge in [-0.25, -0.2) is 12.7 Å².